The summed E-state index contributed by atoms with van der Waals surface area (Å²) in [5, 5.41) is 11.3. The number of hydrogen-bond acceptors (Lipinski definition) is 6. The summed E-state index contributed by atoms with van der Waals surface area (Å²) in [6, 6.07) is 3.93. The van der Waals surface area contributed by atoms with E-state index in [1.807, 2.05) is 26.0 Å². The minimum Gasteiger partial charge on any atom is -0.361 e. The van der Waals surface area contributed by atoms with Crippen molar-refractivity contribution in [1.82, 2.24) is 29.8 Å². The van der Waals surface area contributed by atoms with E-state index in [0.717, 1.165) is 35.4 Å². The lowest BCUT2D eigenvalue weighted by Crippen LogP contribution is -2.32. The van der Waals surface area contributed by atoms with E-state index in [1.54, 1.807) is 17.0 Å². The topological polar surface area (TPSA) is 108 Å². The third kappa shape index (κ3) is 4.13. The van der Waals surface area contributed by atoms with Gasteiger partial charge in [0, 0.05) is 42.5 Å². The summed E-state index contributed by atoms with van der Waals surface area (Å²) in [5.74, 6) is 1.30. The second-order valence-corrected chi connectivity index (χ2v) is 7.32. The minimum atomic E-state index is -0.142. The van der Waals surface area contributed by atoms with E-state index in [0.29, 0.717) is 31.8 Å². The van der Waals surface area contributed by atoms with Crippen LogP contribution in [0.15, 0.2) is 33.8 Å². The molecule has 1 amide bonds. The highest BCUT2D eigenvalue weighted by Crippen LogP contribution is 2.36. The normalized spacial score (nSPS) is 13.6. The summed E-state index contributed by atoms with van der Waals surface area (Å²) in [5.41, 5.74) is 2.46. The minimum absolute atomic E-state index is 0.0767. The van der Waals surface area contributed by atoms with Gasteiger partial charge in [-0.1, -0.05) is 5.16 Å². The fourth-order valence-corrected chi connectivity index (χ4v) is 3.41. The van der Waals surface area contributed by atoms with Gasteiger partial charge in [-0.2, -0.15) is 0 Å². The smallest absolute Gasteiger partial charge is 0.346 e. The molecule has 3 aromatic heterocycles. The number of rotatable bonds is 8. The molecule has 3 heterocycles. The number of nitrogens with zero attached hydrogens (tertiary/aromatic N) is 5. The number of hydrogen-bond donors (Lipinski definition) is 1. The Morgan fingerprint density at radius 3 is 2.83 bits per heavy atom. The zero-order valence-electron chi connectivity index (χ0n) is 16.6. The van der Waals surface area contributed by atoms with E-state index >= 15 is 0 Å². The van der Waals surface area contributed by atoms with Gasteiger partial charge in [0.25, 0.3) is 0 Å². The van der Waals surface area contributed by atoms with Crippen molar-refractivity contribution >= 4 is 5.91 Å². The molecule has 0 aromatic carbocycles. The first-order valence-electron chi connectivity index (χ1n) is 9.82. The van der Waals surface area contributed by atoms with Gasteiger partial charge in [-0.3, -0.25) is 14.3 Å². The maximum atomic E-state index is 12.8. The molecule has 4 rings (SSSR count). The SMILES string of the molecule is Cc1noc(C)c1CCC(=O)NCCn1nc(-c2cccnc2)n(C2CC2)c1=O. The number of amides is 1. The third-order valence-electron chi connectivity index (χ3n) is 5.13. The molecule has 0 unspecified atom stereocenters. The monoisotopic (exact) mass is 396 g/mol. The molecule has 0 spiro atoms. The molecule has 0 aliphatic heterocycles. The maximum Gasteiger partial charge on any atom is 0.346 e. The van der Waals surface area contributed by atoms with Gasteiger partial charge in [0.05, 0.1) is 12.2 Å². The van der Waals surface area contributed by atoms with Crippen LogP contribution in [-0.4, -0.2) is 36.9 Å². The second kappa shape index (κ2) is 8.02. The average Bonchev–Trinajstić information content (AvgIpc) is 3.44. The van der Waals surface area contributed by atoms with Crippen LogP contribution in [0.25, 0.3) is 11.4 Å². The van der Waals surface area contributed by atoms with Crippen LogP contribution in [0.4, 0.5) is 0 Å². The van der Waals surface area contributed by atoms with Crippen molar-refractivity contribution in [3.63, 3.8) is 0 Å². The van der Waals surface area contributed by atoms with Crippen LogP contribution in [0.1, 0.15) is 42.3 Å². The lowest BCUT2D eigenvalue weighted by atomic mass is 10.1. The largest absolute Gasteiger partial charge is 0.361 e. The quantitative estimate of drug-likeness (QED) is 0.622. The van der Waals surface area contributed by atoms with Gasteiger partial charge in [-0.05, 0) is 45.2 Å². The number of aryl methyl sites for hydroxylation is 2. The van der Waals surface area contributed by atoms with E-state index in [1.165, 1.54) is 4.68 Å². The lowest BCUT2D eigenvalue weighted by molar-refractivity contribution is -0.121. The van der Waals surface area contributed by atoms with Crippen molar-refractivity contribution in [2.45, 2.75) is 52.1 Å². The summed E-state index contributed by atoms with van der Waals surface area (Å²) in [7, 11) is 0. The number of carbonyl (C=O) groups excluding carboxylic acids is 1. The van der Waals surface area contributed by atoms with Crippen molar-refractivity contribution in [2.24, 2.45) is 0 Å². The van der Waals surface area contributed by atoms with Gasteiger partial charge in [0.1, 0.15) is 5.76 Å². The average molecular weight is 396 g/mol. The van der Waals surface area contributed by atoms with Crippen molar-refractivity contribution in [3.8, 4) is 11.4 Å². The number of nitrogens with one attached hydrogen (secondary N) is 1. The Labute approximate surface area is 167 Å². The molecular formula is C20H24N6O3. The molecule has 1 N–H and O–H groups in total. The van der Waals surface area contributed by atoms with Crippen LogP contribution in [0.5, 0.6) is 0 Å². The van der Waals surface area contributed by atoms with Gasteiger partial charge >= 0.3 is 5.69 Å². The molecule has 1 aliphatic rings. The lowest BCUT2D eigenvalue weighted by Gasteiger charge is -2.05. The molecule has 0 saturated heterocycles. The van der Waals surface area contributed by atoms with E-state index in [9.17, 15) is 9.59 Å². The molecule has 29 heavy (non-hydrogen) atoms. The molecule has 9 heteroatoms. The molecule has 0 radical (unpaired) electrons. The van der Waals surface area contributed by atoms with Crippen LogP contribution in [0, 0.1) is 13.8 Å². The number of aromatic nitrogens is 5. The van der Waals surface area contributed by atoms with E-state index in [2.05, 4.69) is 20.6 Å². The van der Waals surface area contributed by atoms with Crippen LogP contribution < -0.4 is 11.0 Å². The molecular weight excluding hydrogens is 372 g/mol. The van der Waals surface area contributed by atoms with Gasteiger partial charge in [-0.15, -0.1) is 5.10 Å². The predicted octanol–water partition coefficient (Wildman–Crippen LogP) is 1.80. The van der Waals surface area contributed by atoms with E-state index in [4.69, 9.17) is 4.52 Å². The highest BCUT2D eigenvalue weighted by molar-refractivity contribution is 5.76. The van der Waals surface area contributed by atoms with E-state index < -0.39 is 0 Å². The van der Waals surface area contributed by atoms with Crippen molar-refractivity contribution in [1.29, 1.82) is 0 Å². The molecule has 152 valence electrons. The Morgan fingerprint density at radius 2 is 2.17 bits per heavy atom. The highest BCUT2D eigenvalue weighted by atomic mass is 16.5. The molecule has 3 aromatic rings. The predicted molar refractivity (Wildman–Crippen MR) is 105 cm³/mol. The first kappa shape index (κ1) is 19.1. The molecule has 0 atom stereocenters. The second-order valence-electron chi connectivity index (χ2n) is 7.32. The van der Waals surface area contributed by atoms with Gasteiger partial charge < -0.3 is 9.84 Å². The van der Waals surface area contributed by atoms with Crippen molar-refractivity contribution in [2.75, 3.05) is 6.54 Å². The van der Waals surface area contributed by atoms with Crippen LogP contribution >= 0.6 is 0 Å². The zero-order valence-corrected chi connectivity index (χ0v) is 16.6. The van der Waals surface area contributed by atoms with Crippen LogP contribution in [0.2, 0.25) is 0 Å². The Balaban J connectivity index is 1.37. The van der Waals surface area contributed by atoms with Crippen molar-refractivity contribution < 1.29 is 9.32 Å². The maximum absolute atomic E-state index is 12.8. The van der Waals surface area contributed by atoms with Gasteiger partial charge in [0.2, 0.25) is 5.91 Å². The molecule has 9 nitrogen and oxygen atoms in total. The van der Waals surface area contributed by atoms with Gasteiger partial charge in [-0.25, -0.2) is 9.48 Å². The summed E-state index contributed by atoms with van der Waals surface area (Å²) < 4.78 is 8.29. The summed E-state index contributed by atoms with van der Waals surface area (Å²) in [6.45, 7) is 4.37. The number of pyridine rings is 1. The standard InChI is InChI=1S/C20H24N6O3/c1-13-17(14(2)29-24-13)7-8-18(27)22-10-11-25-20(28)26(16-5-6-16)19(23-25)15-4-3-9-21-12-15/h3-4,9,12,16H,5-8,10-11H2,1-2H3,(H,22,27). The first-order valence-corrected chi connectivity index (χ1v) is 9.82. The van der Waals surface area contributed by atoms with Crippen LogP contribution in [0.3, 0.4) is 0 Å². The Hall–Kier alpha value is -3.23. The zero-order chi connectivity index (χ0) is 20.4. The molecule has 1 aliphatic carbocycles. The molecule has 1 fully saturated rings. The first-order chi connectivity index (χ1) is 14.0. The van der Waals surface area contributed by atoms with Crippen molar-refractivity contribution in [3.05, 3.63) is 52.0 Å². The summed E-state index contributed by atoms with van der Waals surface area (Å²) >= 11 is 0. The molecule has 0 bridgehead atoms. The van der Waals surface area contributed by atoms with Crippen LogP contribution in [-0.2, 0) is 17.8 Å². The molecule has 1 saturated carbocycles. The fraction of sp³-hybridized carbons (Fsp3) is 0.450. The summed E-state index contributed by atoms with van der Waals surface area (Å²) in [6.07, 6.45) is 6.29. The highest BCUT2D eigenvalue weighted by Gasteiger charge is 2.30. The van der Waals surface area contributed by atoms with E-state index in [-0.39, 0.29) is 17.6 Å². The fourth-order valence-electron chi connectivity index (χ4n) is 3.41. The number of carbonyl (C=O) groups is 1. The Bertz CT molecular complexity index is 1040. The Kier molecular flexibility index (Phi) is 5.28. The summed E-state index contributed by atoms with van der Waals surface area (Å²) in [4.78, 5) is 29.1. The van der Waals surface area contributed by atoms with Gasteiger partial charge in [0.15, 0.2) is 5.82 Å². The third-order valence-corrected chi connectivity index (χ3v) is 5.13. The Morgan fingerprint density at radius 1 is 1.34 bits per heavy atom.